The molecule has 0 fully saturated rings. The van der Waals surface area contributed by atoms with Crippen molar-refractivity contribution in [1.82, 2.24) is 14.7 Å². The Labute approximate surface area is 80.9 Å². The van der Waals surface area contributed by atoms with Gasteiger partial charge in [0.25, 0.3) is 0 Å². The van der Waals surface area contributed by atoms with Crippen LogP contribution in [0.25, 0.3) is 6.08 Å². The maximum atomic E-state index is 10.5. The van der Waals surface area contributed by atoms with Crippen LogP contribution in [0.3, 0.4) is 0 Å². The van der Waals surface area contributed by atoms with Crippen molar-refractivity contribution in [3.05, 3.63) is 16.9 Å². The van der Waals surface area contributed by atoms with Gasteiger partial charge < -0.3 is 5.32 Å². The molecule has 0 aliphatic carbocycles. The molecule has 1 rings (SSSR count). The second kappa shape index (κ2) is 4.71. The van der Waals surface area contributed by atoms with E-state index in [0.717, 1.165) is 10.8 Å². The molecule has 1 aromatic rings. The van der Waals surface area contributed by atoms with E-state index >= 15 is 0 Å². The molecule has 0 radical (unpaired) electrons. The number of hydrogen-bond donors (Lipinski definition) is 1. The molecule has 1 amide bonds. The smallest absolute Gasteiger partial charge is 0.217 e. The molecule has 5 heteroatoms. The highest BCUT2D eigenvalue weighted by Gasteiger charge is 1.93. The predicted octanol–water partition coefficient (Wildman–Crippen LogP) is 0.996. The monoisotopic (exact) mass is 197 g/mol. The summed E-state index contributed by atoms with van der Waals surface area (Å²) in [5, 5.41) is 3.52. The number of aryl methyl sites for hydroxylation is 1. The van der Waals surface area contributed by atoms with E-state index in [-0.39, 0.29) is 5.91 Å². The van der Waals surface area contributed by atoms with Crippen molar-refractivity contribution in [1.29, 1.82) is 0 Å². The summed E-state index contributed by atoms with van der Waals surface area (Å²) in [5.41, 5.74) is 0. The molecule has 0 bridgehead atoms. The third kappa shape index (κ3) is 3.80. The van der Waals surface area contributed by atoms with Gasteiger partial charge in [-0.15, -0.1) is 0 Å². The number of nitrogens with zero attached hydrogens (tertiary/aromatic N) is 2. The van der Waals surface area contributed by atoms with Gasteiger partial charge in [-0.3, -0.25) is 4.79 Å². The first-order valence-corrected chi connectivity index (χ1v) is 4.67. The molecule has 70 valence electrons. The minimum absolute atomic E-state index is 0.0295. The first kappa shape index (κ1) is 9.85. The number of rotatable bonds is 3. The fraction of sp³-hybridized carbons (Fsp3) is 0.375. The molecule has 0 unspecified atom stereocenters. The van der Waals surface area contributed by atoms with Gasteiger partial charge in [0, 0.05) is 13.5 Å². The summed E-state index contributed by atoms with van der Waals surface area (Å²) in [6.07, 6.45) is 3.70. The van der Waals surface area contributed by atoms with Crippen LogP contribution in [0.5, 0.6) is 0 Å². The van der Waals surface area contributed by atoms with E-state index in [0.29, 0.717) is 6.54 Å². The summed E-state index contributed by atoms with van der Waals surface area (Å²) in [5.74, 6) is 0.752. The summed E-state index contributed by atoms with van der Waals surface area (Å²) in [6, 6.07) is 0. The third-order valence-electron chi connectivity index (χ3n) is 1.27. The normalized spacial score (nSPS) is 10.6. The number of carbonyl (C=O) groups is 1. The molecule has 0 saturated carbocycles. The van der Waals surface area contributed by atoms with Crippen molar-refractivity contribution in [3.63, 3.8) is 0 Å². The Balaban J connectivity index is 2.36. The van der Waals surface area contributed by atoms with Gasteiger partial charge in [-0.2, -0.15) is 4.37 Å². The van der Waals surface area contributed by atoms with Crippen LogP contribution in [0, 0.1) is 6.92 Å². The van der Waals surface area contributed by atoms with Crippen LogP contribution in [0.15, 0.2) is 6.08 Å². The van der Waals surface area contributed by atoms with E-state index in [1.54, 1.807) is 0 Å². The highest BCUT2D eigenvalue weighted by atomic mass is 32.1. The average Bonchev–Trinajstić information content (AvgIpc) is 2.45. The van der Waals surface area contributed by atoms with E-state index in [9.17, 15) is 4.79 Å². The second-order valence-corrected chi connectivity index (χ2v) is 3.30. The Morgan fingerprint density at radius 3 is 3.00 bits per heavy atom. The molecule has 13 heavy (non-hydrogen) atoms. The minimum Gasteiger partial charge on any atom is -0.353 e. The van der Waals surface area contributed by atoms with Gasteiger partial charge >= 0.3 is 0 Å². The Morgan fingerprint density at radius 2 is 2.46 bits per heavy atom. The maximum Gasteiger partial charge on any atom is 0.217 e. The SMILES string of the molecule is CC(=O)NCC=Cc1nc(C)ns1. The zero-order chi connectivity index (χ0) is 9.68. The van der Waals surface area contributed by atoms with Crippen LogP contribution >= 0.6 is 11.5 Å². The molecule has 0 atom stereocenters. The van der Waals surface area contributed by atoms with Crippen molar-refractivity contribution in [2.24, 2.45) is 0 Å². The highest BCUT2D eigenvalue weighted by Crippen LogP contribution is 2.04. The second-order valence-electron chi connectivity index (χ2n) is 2.52. The number of carbonyl (C=O) groups excluding carboxylic acids is 1. The van der Waals surface area contributed by atoms with Gasteiger partial charge in [0.05, 0.1) is 0 Å². The van der Waals surface area contributed by atoms with Crippen LogP contribution < -0.4 is 5.32 Å². The van der Waals surface area contributed by atoms with Gasteiger partial charge in [-0.25, -0.2) is 4.98 Å². The molecule has 0 aliphatic heterocycles. The molecular weight excluding hydrogens is 186 g/mol. The number of amides is 1. The van der Waals surface area contributed by atoms with Crippen molar-refractivity contribution in [2.75, 3.05) is 6.54 Å². The van der Waals surface area contributed by atoms with Gasteiger partial charge in [0.1, 0.15) is 10.8 Å². The largest absolute Gasteiger partial charge is 0.353 e. The molecule has 0 aromatic carbocycles. The summed E-state index contributed by atoms with van der Waals surface area (Å²) in [4.78, 5) is 14.6. The zero-order valence-electron chi connectivity index (χ0n) is 7.57. The quantitative estimate of drug-likeness (QED) is 0.786. The average molecular weight is 197 g/mol. The maximum absolute atomic E-state index is 10.5. The Bertz CT molecular complexity index is 319. The predicted molar refractivity (Wildman–Crippen MR) is 52.4 cm³/mol. The lowest BCUT2D eigenvalue weighted by molar-refractivity contribution is -0.118. The van der Waals surface area contributed by atoms with Crippen molar-refractivity contribution < 1.29 is 4.79 Å². The van der Waals surface area contributed by atoms with Crippen LogP contribution in [0.2, 0.25) is 0 Å². The van der Waals surface area contributed by atoms with Crippen molar-refractivity contribution in [3.8, 4) is 0 Å². The summed E-state index contributed by atoms with van der Waals surface area (Å²) in [7, 11) is 0. The molecule has 0 spiro atoms. The zero-order valence-corrected chi connectivity index (χ0v) is 8.39. The lowest BCUT2D eigenvalue weighted by Crippen LogP contribution is -2.19. The van der Waals surface area contributed by atoms with Crippen LogP contribution in [-0.4, -0.2) is 21.8 Å². The molecule has 0 aliphatic rings. The third-order valence-corrected chi connectivity index (χ3v) is 2.04. The Morgan fingerprint density at radius 1 is 1.69 bits per heavy atom. The molecule has 1 N–H and O–H groups in total. The van der Waals surface area contributed by atoms with E-state index in [1.807, 2.05) is 19.1 Å². The summed E-state index contributed by atoms with van der Waals surface area (Å²) < 4.78 is 4.02. The molecule has 4 nitrogen and oxygen atoms in total. The summed E-state index contributed by atoms with van der Waals surface area (Å²) in [6.45, 7) is 3.87. The fourth-order valence-corrected chi connectivity index (χ4v) is 1.34. The van der Waals surface area contributed by atoms with Crippen molar-refractivity contribution >= 4 is 23.5 Å². The Kier molecular flexibility index (Phi) is 3.57. The van der Waals surface area contributed by atoms with Crippen LogP contribution in [0.4, 0.5) is 0 Å². The first-order valence-electron chi connectivity index (χ1n) is 3.90. The van der Waals surface area contributed by atoms with E-state index in [2.05, 4.69) is 14.7 Å². The van der Waals surface area contributed by atoms with Gasteiger partial charge in [0.15, 0.2) is 0 Å². The Hall–Kier alpha value is -1.23. The standard InChI is InChI=1S/C8H11N3OS/c1-6-10-8(13-11-6)4-3-5-9-7(2)12/h3-4H,5H2,1-2H3,(H,9,12). The van der Waals surface area contributed by atoms with Crippen molar-refractivity contribution in [2.45, 2.75) is 13.8 Å². The fourth-order valence-electron chi connectivity index (χ4n) is 0.743. The topological polar surface area (TPSA) is 54.9 Å². The van der Waals surface area contributed by atoms with E-state index in [1.165, 1.54) is 18.5 Å². The van der Waals surface area contributed by atoms with Gasteiger partial charge in [-0.05, 0) is 24.5 Å². The lowest BCUT2D eigenvalue weighted by Gasteiger charge is -1.92. The number of aromatic nitrogens is 2. The highest BCUT2D eigenvalue weighted by molar-refractivity contribution is 7.06. The molecule has 0 saturated heterocycles. The van der Waals surface area contributed by atoms with E-state index in [4.69, 9.17) is 0 Å². The lowest BCUT2D eigenvalue weighted by atomic mass is 10.5. The number of hydrogen-bond acceptors (Lipinski definition) is 4. The minimum atomic E-state index is -0.0295. The van der Waals surface area contributed by atoms with Gasteiger partial charge in [-0.1, -0.05) is 6.08 Å². The molecule has 1 heterocycles. The number of nitrogens with one attached hydrogen (secondary N) is 1. The first-order chi connectivity index (χ1) is 6.18. The van der Waals surface area contributed by atoms with E-state index < -0.39 is 0 Å². The van der Waals surface area contributed by atoms with Crippen LogP contribution in [-0.2, 0) is 4.79 Å². The molecular formula is C8H11N3OS. The summed E-state index contributed by atoms with van der Waals surface area (Å²) >= 11 is 1.35. The van der Waals surface area contributed by atoms with Crippen LogP contribution in [0.1, 0.15) is 17.8 Å². The van der Waals surface area contributed by atoms with Gasteiger partial charge in [0.2, 0.25) is 5.91 Å². The molecule has 1 aromatic heterocycles.